The van der Waals surface area contributed by atoms with Gasteiger partial charge in [0.15, 0.2) is 0 Å². The summed E-state index contributed by atoms with van der Waals surface area (Å²) in [4.78, 5) is 19.2. The van der Waals surface area contributed by atoms with E-state index in [1.807, 2.05) is 30.5 Å². The van der Waals surface area contributed by atoms with E-state index in [2.05, 4.69) is 25.8 Å². The molecule has 0 atom stereocenters. The van der Waals surface area contributed by atoms with Crippen molar-refractivity contribution in [2.75, 3.05) is 0 Å². The van der Waals surface area contributed by atoms with Crippen LogP contribution in [0.5, 0.6) is 0 Å². The number of aromatic nitrogens is 1. The fourth-order valence-electron chi connectivity index (χ4n) is 2.39. The first kappa shape index (κ1) is 14.0. The third-order valence-corrected chi connectivity index (χ3v) is 3.51. The Kier molecular flexibility index (Phi) is 3.43. The second-order valence-corrected chi connectivity index (χ2v) is 5.12. The number of aromatic amines is 1. The lowest BCUT2D eigenvalue weighted by Gasteiger charge is -1.97. The van der Waals surface area contributed by atoms with E-state index in [1.54, 1.807) is 24.4 Å². The van der Waals surface area contributed by atoms with Gasteiger partial charge in [-0.3, -0.25) is 10.1 Å². The number of hydrazone groups is 1. The van der Waals surface area contributed by atoms with Crippen molar-refractivity contribution in [1.29, 1.82) is 0 Å². The van der Waals surface area contributed by atoms with Crippen LogP contribution in [0.4, 0.5) is 0 Å². The van der Waals surface area contributed by atoms with Crippen LogP contribution in [0.3, 0.4) is 0 Å². The van der Waals surface area contributed by atoms with Crippen molar-refractivity contribution in [2.24, 2.45) is 10.1 Å². The van der Waals surface area contributed by atoms with Gasteiger partial charge in [-0.05, 0) is 18.2 Å². The Hall–Kier alpha value is -3.61. The zero-order valence-electron chi connectivity index (χ0n) is 12.5. The van der Waals surface area contributed by atoms with E-state index < -0.39 is 0 Å². The maximum atomic E-state index is 11.8. The molecule has 3 heterocycles. The minimum atomic E-state index is -0.309. The topological polar surface area (TPSA) is 94.8 Å². The molecular weight excluding hydrogens is 306 g/mol. The zero-order valence-corrected chi connectivity index (χ0v) is 12.5. The Balaban J connectivity index is 1.49. The molecule has 2 aromatic heterocycles. The summed E-state index contributed by atoms with van der Waals surface area (Å²) in [7, 11) is 0. The molecule has 1 aromatic carbocycles. The molecular formula is C17H13N5O2. The molecule has 7 heteroatoms. The number of hydrogen-bond donors (Lipinski definition) is 3. The highest BCUT2D eigenvalue weighted by molar-refractivity contribution is 6.13. The molecule has 0 fully saturated rings. The number of amides is 1. The largest absolute Gasteiger partial charge is 0.465 e. The molecule has 0 bridgehead atoms. The van der Waals surface area contributed by atoms with Gasteiger partial charge in [0, 0.05) is 28.7 Å². The Morgan fingerprint density at radius 2 is 2.12 bits per heavy atom. The van der Waals surface area contributed by atoms with E-state index in [1.165, 1.54) is 6.26 Å². The van der Waals surface area contributed by atoms with Crippen molar-refractivity contribution in [1.82, 2.24) is 15.7 Å². The van der Waals surface area contributed by atoms with Crippen molar-refractivity contribution in [3.63, 3.8) is 0 Å². The summed E-state index contributed by atoms with van der Waals surface area (Å²) in [6, 6.07) is 11.4. The van der Waals surface area contributed by atoms with Gasteiger partial charge in [-0.25, -0.2) is 10.4 Å². The van der Waals surface area contributed by atoms with Gasteiger partial charge in [0.1, 0.15) is 11.5 Å². The maximum Gasteiger partial charge on any atom is 0.276 e. The Morgan fingerprint density at radius 1 is 1.21 bits per heavy atom. The number of furan rings is 1. The predicted octanol–water partition coefficient (Wildman–Crippen LogP) is 2.21. The average molecular weight is 319 g/mol. The molecule has 7 nitrogen and oxygen atoms in total. The van der Waals surface area contributed by atoms with Crippen LogP contribution in [0.1, 0.15) is 11.3 Å². The van der Waals surface area contributed by atoms with Crippen molar-refractivity contribution < 1.29 is 9.21 Å². The molecule has 0 unspecified atom stereocenters. The highest BCUT2D eigenvalue weighted by atomic mass is 16.3. The minimum Gasteiger partial charge on any atom is -0.465 e. The molecule has 0 radical (unpaired) electrons. The number of carbonyl (C=O) groups is 1. The van der Waals surface area contributed by atoms with Crippen molar-refractivity contribution in [2.45, 2.75) is 0 Å². The van der Waals surface area contributed by atoms with E-state index in [0.29, 0.717) is 5.76 Å². The summed E-state index contributed by atoms with van der Waals surface area (Å²) in [5, 5.41) is 7.79. The highest BCUT2D eigenvalue weighted by Crippen LogP contribution is 2.15. The number of para-hydroxylation sites is 1. The quantitative estimate of drug-likeness (QED) is 0.392. The molecule has 0 spiro atoms. The number of guanidine groups is 1. The number of nitrogens with one attached hydrogen (secondary N) is 3. The van der Waals surface area contributed by atoms with Crippen LogP contribution in [0, 0.1) is 0 Å². The fourth-order valence-corrected chi connectivity index (χ4v) is 2.39. The maximum absolute atomic E-state index is 11.8. The zero-order chi connectivity index (χ0) is 16.4. The summed E-state index contributed by atoms with van der Waals surface area (Å²) >= 11 is 0. The van der Waals surface area contributed by atoms with Gasteiger partial charge in [-0.2, -0.15) is 5.10 Å². The van der Waals surface area contributed by atoms with Crippen LogP contribution >= 0.6 is 0 Å². The number of rotatable bonds is 3. The Bertz CT molecular complexity index is 980. The van der Waals surface area contributed by atoms with Crippen molar-refractivity contribution in [3.05, 3.63) is 65.9 Å². The molecule has 1 amide bonds. The Morgan fingerprint density at radius 3 is 3.00 bits per heavy atom. The summed E-state index contributed by atoms with van der Waals surface area (Å²) < 4.78 is 5.17. The number of nitrogens with zero attached hydrogens (tertiary/aromatic N) is 2. The normalized spacial score (nSPS) is 16.1. The fraction of sp³-hybridized carbons (Fsp3) is 0. The van der Waals surface area contributed by atoms with Gasteiger partial charge in [-0.1, -0.05) is 18.2 Å². The lowest BCUT2D eigenvalue weighted by molar-refractivity contribution is -0.115. The lowest BCUT2D eigenvalue weighted by atomic mass is 10.2. The van der Waals surface area contributed by atoms with E-state index in [-0.39, 0.29) is 17.6 Å². The smallest absolute Gasteiger partial charge is 0.276 e. The second-order valence-electron chi connectivity index (χ2n) is 5.12. The van der Waals surface area contributed by atoms with Crippen LogP contribution in [0.15, 0.2) is 69.1 Å². The minimum absolute atomic E-state index is 0.259. The molecule has 118 valence electrons. The summed E-state index contributed by atoms with van der Waals surface area (Å²) in [6.45, 7) is 0. The number of hydrogen-bond acceptors (Lipinski definition) is 5. The van der Waals surface area contributed by atoms with Crippen molar-refractivity contribution in [3.8, 4) is 0 Å². The number of H-pyrrole nitrogens is 1. The number of carbonyl (C=O) groups excluding carboxylic acids is 1. The van der Waals surface area contributed by atoms with Gasteiger partial charge < -0.3 is 9.40 Å². The summed E-state index contributed by atoms with van der Waals surface area (Å²) in [6.07, 6.45) is 6.63. The second kappa shape index (κ2) is 5.88. The third kappa shape index (κ3) is 2.70. The van der Waals surface area contributed by atoms with E-state index >= 15 is 0 Å². The van der Waals surface area contributed by atoms with E-state index in [0.717, 1.165) is 16.5 Å². The van der Waals surface area contributed by atoms with Gasteiger partial charge in [-0.15, -0.1) is 0 Å². The molecule has 0 saturated carbocycles. The van der Waals surface area contributed by atoms with Gasteiger partial charge in [0.25, 0.3) is 5.91 Å². The van der Waals surface area contributed by atoms with Gasteiger partial charge >= 0.3 is 0 Å². The van der Waals surface area contributed by atoms with Crippen LogP contribution < -0.4 is 10.7 Å². The number of fused-ring (bicyclic) bond motifs is 1. The molecule has 4 rings (SSSR count). The monoisotopic (exact) mass is 319 g/mol. The third-order valence-electron chi connectivity index (χ3n) is 3.51. The molecule has 0 saturated heterocycles. The predicted molar refractivity (Wildman–Crippen MR) is 91.3 cm³/mol. The molecule has 3 aromatic rings. The van der Waals surface area contributed by atoms with Crippen LogP contribution in [-0.2, 0) is 4.79 Å². The lowest BCUT2D eigenvalue weighted by Crippen LogP contribution is -2.33. The first-order chi connectivity index (χ1) is 11.8. The SMILES string of the molecule is O=C1NC(N/N=C/c2c[nH]c3ccccc23)=N/C1=C\c1ccco1. The van der Waals surface area contributed by atoms with E-state index in [9.17, 15) is 4.79 Å². The standard InChI is InChI=1S/C17H13N5O2/c23-16-15(8-12-4-3-7-24-12)20-17(21-16)22-19-10-11-9-18-14-6-2-1-5-13(11)14/h1-10,18H,(H2,20,21,22,23)/b15-8-,19-10+. The molecule has 1 aliphatic heterocycles. The number of aliphatic imine (C=N–C) groups is 1. The van der Waals surface area contributed by atoms with Crippen molar-refractivity contribution >= 4 is 35.1 Å². The van der Waals surface area contributed by atoms with Crippen LogP contribution in [0.2, 0.25) is 0 Å². The molecule has 3 N–H and O–H groups in total. The summed E-state index contributed by atoms with van der Waals surface area (Å²) in [5.74, 6) is 0.525. The van der Waals surface area contributed by atoms with E-state index in [4.69, 9.17) is 4.42 Å². The average Bonchev–Trinajstić information content (AvgIpc) is 3.30. The molecule has 24 heavy (non-hydrogen) atoms. The van der Waals surface area contributed by atoms with Gasteiger partial charge in [0.05, 0.1) is 12.5 Å². The molecule has 1 aliphatic rings. The molecule has 0 aliphatic carbocycles. The first-order valence-corrected chi connectivity index (χ1v) is 7.30. The van der Waals surface area contributed by atoms with Crippen LogP contribution in [-0.4, -0.2) is 23.1 Å². The first-order valence-electron chi connectivity index (χ1n) is 7.30. The number of benzene rings is 1. The summed E-state index contributed by atoms with van der Waals surface area (Å²) in [5.41, 5.74) is 4.96. The van der Waals surface area contributed by atoms with Gasteiger partial charge in [0.2, 0.25) is 5.96 Å². The Labute approximate surface area is 136 Å². The highest BCUT2D eigenvalue weighted by Gasteiger charge is 2.19. The van der Waals surface area contributed by atoms with Crippen LogP contribution in [0.25, 0.3) is 17.0 Å².